The molecule has 1 unspecified atom stereocenters. The maximum absolute atomic E-state index is 5.17. The maximum Gasteiger partial charge on any atom is 0.248 e. The molecule has 2 aromatic rings. The number of guanidine groups is 1. The number of hydrogen-bond donors (Lipinski definition) is 1. The Morgan fingerprint density at radius 2 is 1.89 bits per heavy atom. The van der Waals surface area contributed by atoms with E-state index < -0.39 is 0 Å². The van der Waals surface area contributed by atoms with Gasteiger partial charge >= 0.3 is 0 Å². The van der Waals surface area contributed by atoms with Crippen LogP contribution in [0.4, 0.5) is 0 Å². The van der Waals surface area contributed by atoms with E-state index in [2.05, 4.69) is 74.4 Å². The zero-order valence-corrected chi connectivity index (χ0v) is 19.3. The molecule has 1 fully saturated rings. The molecule has 8 heteroatoms. The summed E-state index contributed by atoms with van der Waals surface area (Å²) in [5.41, 5.74) is 1.40. The van der Waals surface area contributed by atoms with Gasteiger partial charge in [-0.1, -0.05) is 42.4 Å². The third-order valence-corrected chi connectivity index (χ3v) is 4.89. The van der Waals surface area contributed by atoms with Crippen molar-refractivity contribution in [2.75, 3.05) is 32.7 Å². The fraction of sp³-hybridized carbons (Fsp3) is 0.550. The van der Waals surface area contributed by atoms with Gasteiger partial charge < -0.3 is 14.7 Å². The SMILES string of the molecule is CCNC(=NCc1nc(C)no1)N1CCN(C(CC)c2ccccc2)CC1.I. The van der Waals surface area contributed by atoms with Gasteiger partial charge in [-0.15, -0.1) is 24.0 Å². The van der Waals surface area contributed by atoms with Crippen LogP contribution in [0, 0.1) is 6.92 Å². The molecule has 0 saturated carbocycles. The molecule has 0 radical (unpaired) electrons. The van der Waals surface area contributed by atoms with E-state index in [1.54, 1.807) is 0 Å². The van der Waals surface area contributed by atoms with E-state index in [-0.39, 0.29) is 24.0 Å². The molecule has 1 aromatic heterocycles. The van der Waals surface area contributed by atoms with Crippen LogP contribution in [0.5, 0.6) is 0 Å². The van der Waals surface area contributed by atoms with Gasteiger partial charge in [0.25, 0.3) is 0 Å². The van der Waals surface area contributed by atoms with Gasteiger partial charge in [0, 0.05) is 38.8 Å². The number of halogens is 1. The molecule has 3 rings (SSSR count). The first-order valence-corrected chi connectivity index (χ1v) is 9.82. The predicted molar refractivity (Wildman–Crippen MR) is 122 cm³/mol. The average Bonchev–Trinajstić information content (AvgIpc) is 3.12. The average molecular weight is 498 g/mol. The summed E-state index contributed by atoms with van der Waals surface area (Å²) >= 11 is 0. The lowest BCUT2D eigenvalue weighted by molar-refractivity contribution is 0.127. The Morgan fingerprint density at radius 1 is 1.18 bits per heavy atom. The van der Waals surface area contributed by atoms with Crippen LogP contribution in [0.25, 0.3) is 0 Å². The number of nitrogens with one attached hydrogen (secondary N) is 1. The van der Waals surface area contributed by atoms with Gasteiger partial charge in [-0.05, 0) is 25.8 Å². The maximum atomic E-state index is 5.17. The van der Waals surface area contributed by atoms with Gasteiger partial charge in [-0.3, -0.25) is 4.90 Å². The molecule has 7 nitrogen and oxygen atoms in total. The molecule has 154 valence electrons. The van der Waals surface area contributed by atoms with Crippen molar-refractivity contribution in [1.82, 2.24) is 25.3 Å². The minimum absolute atomic E-state index is 0. The summed E-state index contributed by atoms with van der Waals surface area (Å²) in [7, 11) is 0. The Hall–Kier alpha value is -1.68. The third kappa shape index (κ3) is 5.91. The van der Waals surface area contributed by atoms with Crippen LogP contribution in [0.1, 0.15) is 43.6 Å². The second kappa shape index (κ2) is 11.4. The molecule has 28 heavy (non-hydrogen) atoms. The number of aryl methyl sites for hydroxylation is 1. The molecule has 0 bridgehead atoms. The molecule has 1 saturated heterocycles. The molecular formula is C20H31IN6O. The van der Waals surface area contributed by atoms with Gasteiger partial charge in [0.2, 0.25) is 5.89 Å². The Morgan fingerprint density at radius 3 is 2.46 bits per heavy atom. The molecule has 0 amide bonds. The Balaban J connectivity index is 0.00000280. The number of aliphatic imine (C=N–C) groups is 1. The predicted octanol–water partition coefficient (Wildman–Crippen LogP) is 3.23. The van der Waals surface area contributed by atoms with E-state index >= 15 is 0 Å². The molecule has 0 aliphatic carbocycles. The highest BCUT2D eigenvalue weighted by molar-refractivity contribution is 14.0. The van der Waals surface area contributed by atoms with Crippen molar-refractivity contribution in [1.29, 1.82) is 0 Å². The topological polar surface area (TPSA) is 69.8 Å². The highest BCUT2D eigenvalue weighted by atomic mass is 127. The van der Waals surface area contributed by atoms with Crippen molar-refractivity contribution >= 4 is 29.9 Å². The molecule has 1 atom stereocenters. The zero-order valence-electron chi connectivity index (χ0n) is 17.0. The van der Waals surface area contributed by atoms with E-state index in [1.807, 2.05) is 6.92 Å². The van der Waals surface area contributed by atoms with Crippen LogP contribution in [-0.4, -0.2) is 58.6 Å². The van der Waals surface area contributed by atoms with Gasteiger partial charge in [0.1, 0.15) is 6.54 Å². The second-order valence-electron chi connectivity index (χ2n) is 6.76. The van der Waals surface area contributed by atoms with Crippen molar-refractivity contribution < 1.29 is 4.52 Å². The number of aromatic nitrogens is 2. The number of piperazine rings is 1. The van der Waals surface area contributed by atoms with Crippen LogP contribution < -0.4 is 5.32 Å². The van der Waals surface area contributed by atoms with E-state index in [9.17, 15) is 0 Å². The normalized spacial score (nSPS) is 16.5. The molecule has 1 aliphatic heterocycles. The van der Waals surface area contributed by atoms with Crippen LogP contribution in [0.3, 0.4) is 0 Å². The van der Waals surface area contributed by atoms with Crippen LogP contribution >= 0.6 is 24.0 Å². The van der Waals surface area contributed by atoms with Crippen LogP contribution in [0.2, 0.25) is 0 Å². The smallest absolute Gasteiger partial charge is 0.248 e. The Bertz CT molecular complexity index is 727. The number of nitrogens with zero attached hydrogens (tertiary/aromatic N) is 5. The number of benzene rings is 1. The second-order valence-corrected chi connectivity index (χ2v) is 6.76. The standard InChI is InChI=1S/C20H30N6O.HI/c1-4-18(17-9-7-6-8-10-17)25-11-13-26(14-12-25)20(21-5-2)22-15-19-23-16(3)24-27-19;/h6-10,18H,4-5,11-15H2,1-3H3,(H,21,22);1H. The van der Waals surface area contributed by atoms with Crippen molar-refractivity contribution in [3.63, 3.8) is 0 Å². The number of hydrogen-bond acceptors (Lipinski definition) is 5. The van der Waals surface area contributed by atoms with Crippen molar-refractivity contribution in [2.45, 2.75) is 39.8 Å². The van der Waals surface area contributed by atoms with Crippen molar-refractivity contribution in [2.24, 2.45) is 4.99 Å². The van der Waals surface area contributed by atoms with E-state index in [0.29, 0.717) is 24.3 Å². The lowest BCUT2D eigenvalue weighted by Gasteiger charge is -2.40. The summed E-state index contributed by atoms with van der Waals surface area (Å²) in [5.74, 6) is 2.11. The summed E-state index contributed by atoms with van der Waals surface area (Å²) in [4.78, 5) is 13.8. The highest BCUT2D eigenvalue weighted by Gasteiger charge is 2.25. The molecular weight excluding hydrogens is 467 g/mol. The summed E-state index contributed by atoms with van der Waals surface area (Å²) < 4.78 is 5.17. The lowest BCUT2D eigenvalue weighted by Crippen LogP contribution is -2.53. The van der Waals surface area contributed by atoms with Crippen molar-refractivity contribution in [3.8, 4) is 0 Å². The quantitative estimate of drug-likeness (QED) is 0.375. The number of rotatable bonds is 6. The lowest BCUT2D eigenvalue weighted by atomic mass is 10.0. The van der Waals surface area contributed by atoms with Gasteiger partial charge in [0.15, 0.2) is 11.8 Å². The third-order valence-electron chi connectivity index (χ3n) is 4.89. The van der Waals surface area contributed by atoms with Gasteiger partial charge in [0.05, 0.1) is 0 Å². The summed E-state index contributed by atoms with van der Waals surface area (Å²) in [5, 5.41) is 7.21. The van der Waals surface area contributed by atoms with Crippen LogP contribution in [-0.2, 0) is 6.54 Å². The summed E-state index contributed by atoms with van der Waals surface area (Å²) in [6.45, 7) is 11.4. The molecule has 2 heterocycles. The fourth-order valence-corrected chi connectivity index (χ4v) is 3.60. The summed E-state index contributed by atoms with van der Waals surface area (Å²) in [6.07, 6.45) is 1.12. The van der Waals surface area contributed by atoms with Gasteiger partial charge in [-0.25, -0.2) is 4.99 Å². The van der Waals surface area contributed by atoms with Crippen LogP contribution in [0.15, 0.2) is 39.8 Å². The van der Waals surface area contributed by atoms with Crippen molar-refractivity contribution in [3.05, 3.63) is 47.6 Å². The fourth-order valence-electron chi connectivity index (χ4n) is 3.60. The monoisotopic (exact) mass is 498 g/mol. The molecule has 1 N–H and O–H groups in total. The van der Waals surface area contributed by atoms with E-state index in [0.717, 1.165) is 45.1 Å². The Kier molecular flexibility index (Phi) is 9.17. The zero-order chi connectivity index (χ0) is 19.1. The van der Waals surface area contributed by atoms with E-state index in [4.69, 9.17) is 4.52 Å². The first kappa shape index (κ1) is 22.6. The minimum atomic E-state index is 0. The molecule has 1 aromatic carbocycles. The summed E-state index contributed by atoms with van der Waals surface area (Å²) in [6, 6.07) is 11.3. The largest absolute Gasteiger partial charge is 0.357 e. The van der Waals surface area contributed by atoms with E-state index in [1.165, 1.54) is 5.56 Å². The highest BCUT2D eigenvalue weighted by Crippen LogP contribution is 2.25. The first-order chi connectivity index (χ1) is 13.2. The Labute approximate surface area is 184 Å². The minimum Gasteiger partial charge on any atom is -0.357 e. The van der Waals surface area contributed by atoms with Gasteiger partial charge in [-0.2, -0.15) is 4.98 Å². The molecule has 1 aliphatic rings. The molecule has 0 spiro atoms. The first-order valence-electron chi connectivity index (χ1n) is 9.82.